The zero-order valence-electron chi connectivity index (χ0n) is 16.9. The molecule has 7 nitrogen and oxygen atoms in total. The van der Waals surface area contributed by atoms with Gasteiger partial charge in [0.1, 0.15) is 0 Å². The lowest BCUT2D eigenvalue weighted by Crippen LogP contribution is -2.44. The van der Waals surface area contributed by atoms with Gasteiger partial charge >= 0.3 is 0 Å². The summed E-state index contributed by atoms with van der Waals surface area (Å²) in [5.74, 6) is 0.814. The number of aryl methyl sites for hydroxylation is 1. The molecule has 0 bridgehead atoms. The van der Waals surface area contributed by atoms with E-state index in [-0.39, 0.29) is 24.0 Å². The summed E-state index contributed by atoms with van der Waals surface area (Å²) in [5, 5.41) is 11.5. The lowest BCUT2D eigenvalue weighted by molar-refractivity contribution is 0.0389. The maximum Gasteiger partial charge on any atom is 0.191 e. The van der Waals surface area contributed by atoms with E-state index in [1.54, 1.807) is 7.05 Å². The van der Waals surface area contributed by atoms with Crippen LogP contribution in [0.4, 0.5) is 0 Å². The molecule has 0 saturated carbocycles. The highest BCUT2D eigenvalue weighted by Gasteiger charge is 2.13. The predicted octanol–water partition coefficient (Wildman–Crippen LogP) is 2.10. The van der Waals surface area contributed by atoms with Gasteiger partial charge in [-0.15, -0.1) is 24.0 Å². The number of ether oxygens (including phenoxy) is 1. The molecule has 1 aromatic heterocycles. The molecule has 0 amide bonds. The second kappa shape index (κ2) is 11.4. The van der Waals surface area contributed by atoms with Gasteiger partial charge in [-0.25, -0.2) is 4.68 Å². The number of nitrogens with zero attached hydrogens (tertiary/aromatic N) is 4. The fourth-order valence-electron chi connectivity index (χ4n) is 3.30. The summed E-state index contributed by atoms with van der Waals surface area (Å²) in [6.45, 7) is 10.4. The molecule has 2 N–H and O–H groups in total. The molecule has 8 heteroatoms. The Kier molecular flexibility index (Phi) is 9.20. The lowest BCUT2D eigenvalue weighted by Gasteiger charge is -2.26. The first-order valence-electron chi connectivity index (χ1n) is 9.54. The number of aliphatic imine (C=N–C) groups is 1. The highest BCUT2D eigenvalue weighted by Crippen LogP contribution is 2.17. The van der Waals surface area contributed by atoms with Gasteiger partial charge in [-0.05, 0) is 26.0 Å². The highest BCUT2D eigenvalue weighted by molar-refractivity contribution is 14.0. The van der Waals surface area contributed by atoms with Crippen LogP contribution in [0.3, 0.4) is 0 Å². The first-order valence-corrected chi connectivity index (χ1v) is 9.54. The second-order valence-corrected chi connectivity index (χ2v) is 6.70. The van der Waals surface area contributed by atoms with E-state index in [2.05, 4.69) is 46.5 Å². The van der Waals surface area contributed by atoms with Crippen LogP contribution in [-0.4, -0.2) is 67.1 Å². The number of rotatable bonds is 6. The fourth-order valence-corrected chi connectivity index (χ4v) is 3.30. The Morgan fingerprint density at radius 2 is 1.86 bits per heavy atom. The molecule has 0 aliphatic carbocycles. The molecule has 2 aromatic rings. The number of nitrogens with one attached hydrogen (secondary N) is 2. The monoisotopic (exact) mass is 498 g/mol. The van der Waals surface area contributed by atoms with Crippen LogP contribution in [-0.2, 0) is 11.3 Å². The van der Waals surface area contributed by atoms with Crippen LogP contribution in [0.1, 0.15) is 17.0 Å². The summed E-state index contributed by atoms with van der Waals surface area (Å²) < 4.78 is 7.39. The van der Waals surface area contributed by atoms with Gasteiger partial charge in [-0.3, -0.25) is 9.89 Å². The first-order chi connectivity index (χ1) is 13.2. The number of morpholine rings is 1. The molecule has 1 aromatic carbocycles. The molecule has 0 atom stereocenters. The Morgan fingerprint density at radius 1 is 1.14 bits per heavy atom. The third-order valence-electron chi connectivity index (χ3n) is 4.92. The third-order valence-corrected chi connectivity index (χ3v) is 4.92. The Labute approximate surface area is 184 Å². The SMILES string of the molecule is CN=C(NCCN1CCOCC1)NCc1c(C)nn(-c2ccccc2)c1C.I. The van der Waals surface area contributed by atoms with Gasteiger partial charge in [-0.2, -0.15) is 5.10 Å². The van der Waals surface area contributed by atoms with Crippen LogP contribution in [0.15, 0.2) is 35.3 Å². The second-order valence-electron chi connectivity index (χ2n) is 6.70. The lowest BCUT2D eigenvalue weighted by atomic mass is 10.2. The smallest absolute Gasteiger partial charge is 0.191 e. The molecule has 1 aliphatic rings. The molecule has 3 rings (SSSR count). The number of aromatic nitrogens is 2. The van der Waals surface area contributed by atoms with E-state index in [9.17, 15) is 0 Å². The standard InChI is InChI=1S/C20H30N6O.HI/c1-16-19(17(2)26(24-16)18-7-5-4-6-8-18)15-23-20(21-3)22-9-10-25-11-13-27-14-12-25;/h4-8H,9-15H2,1-3H3,(H2,21,22,23);1H. The molecule has 2 heterocycles. The summed E-state index contributed by atoms with van der Waals surface area (Å²) in [5.41, 5.74) is 4.47. The molecular formula is C20H31IN6O. The summed E-state index contributed by atoms with van der Waals surface area (Å²) in [6, 6.07) is 10.2. The zero-order valence-corrected chi connectivity index (χ0v) is 19.3. The van der Waals surface area contributed by atoms with Crippen molar-refractivity contribution in [3.8, 4) is 5.69 Å². The molecule has 28 heavy (non-hydrogen) atoms. The van der Waals surface area contributed by atoms with Gasteiger partial charge in [0.15, 0.2) is 5.96 Å². The van der Waals surface area contributed by atoms with Crippen molar-refractivity contribution in [2.45, 2.75) is 20.4 Å². The fraction of sp³-hybridized carbons (Fsp3) is 0.500. The minimum absolute atomic E-state index is 0. The van der Waals surface area contributed by atoms with E-state index < -0.39 is 0 Å². The Hall–Kier alpha value is -1.65. The van der Waals surface area contributed by atoms with Crippen molar-refractivity contribution in [3.63, 3.8) is 0 Å². The minimum atomic E-state index is 0. The summed E-state index contributed by atoms with van der Waals surface area (Å²) in [6.07, 6.45) is 0. The molecule has 0 radical (unpaired) electrons. The van der Waals surface area contributed by atoms with Crippen molar-refractivity contribution in [3.05, 3.63) is 47.3 Å². The largest absolute Gasteiger partial charge is 0.379 e. The van der Waals surface area contributed by atoms with Crippen LogP contribution in [0.25, 0.3) is 5.69 Å². The molecule has 1 aliphatic heterocycles. The predicted molar refractivity (Wildman–Crippen MR) is 124 cm³/mol. The minimum Gasteiger partial charge on any atom is -0.379 e. The van der Waals surface area contributed by atoms with Crippen LogP contribution in [0.2, 0.25) is 0 Å². The van der Waals surface area contributed by atoms with Crippen molar-refractivity contribution in [2.75, 3.05) is 46.4 Å². The van der Waals surface area contributed by atoms with Crippen LogP contribution < -0.4 is 10.6 Å². The van der Waals surface area contributed by atoms with E-state index in [4.69, 9.17) is 9.84 Å². The van der Waals surface area contributed by atoms with Crippen LogP contribution in [0, 0.1) is 13.8 Å². The Balaban J connectivity index is 0.00000280. The van der Waals surface area contributed by atoms with Crippen molar-refractivity contribution in [2.24, 2.45) is 4.99 Å². The number of para-hydroxylation sites is 1. The molecule has 1 saturated heterocycles. The third kappa shape index (κ3) is 5.92. The first kappa shape index (κ1) is 22.6. The van der Waals surface area contributed by atoms with E-state index in [1.807, 2.05) is 22.9 Å². The van der Waals surface area contributed by atoms with Gasteiger partial charge in [0.05, 0.1) is 24.6 Å². The van der Waals surface area contributed by atoms with Gasteiger partial charge in [-0.1, -0.05) is 18.2 Å². The van der Waals surface area contributed by atoms with Crippen LogP contribution >= 0.6 is 24.0 Å². The maximum atomic E-state index is 5.39. The summed E-state index contributed by atoms with van der Waals surface area (Å²) >= 11 is 0. The zero-order chi connectivity index (χ0) is 19.1. The number of guanidine groups is 1. The molecule has 0 unspecified atom stereocenters. The van der Waals surface area contributed by atoms with E-state index in [1.165, 1.54) is 5.56 Å². The maximum absolute atomic E-state index is 5.39. The summed E-state index contributed by atoms with van der Waals surface area (Å²) in [7, 11) is 1.80. The Bertz CT molecular complexity index is 756. The van der Waals surface area contributed by atoms with Gasteiger partial charge in [0.25, 0.3) is 0 Å². The van der Waals surface area contributed by atoms with Crippen LogP contribution in [0.5, 0.6) is 0 Å². The quantitative estimate of drug-likeness (QED) is 0.363. The average Bonchev–Trinajstić information content (AvgIpc) is 3.00. The normalized spacial score (nSPS) is 15.2. The molecule has 154 valence electrons. The Morgan fingerprint density at radius 3 is 2.54 bits per heavy atom. The topological polar surface area (TPSA) is 66.7 Å². The van der Waals surface area contributed by atoms with E-state index >= 15 is 0 Å². The van der Waals surface area contributed by atoms with Gasteiger partial charge in [0, 0.05) is 51.0 Å². The van der Waals surface area contributed by atoms with E-state index in [0.717, 1.165) is 62.4 Å². The number of halogens is 1. The van der Waals surface area contributed by atoms with Crippen molar-refractivity contribution in [1.29, 1.82) is 0 Å². The number of benzene rings is 1. The van der Waals surface area contributed by atoms with Gasteiger partial charge < -0.3 is 15.4 Å². The molecule has 0 spiro atoms. The van der Waals surface area contributed by atoms with Crippen molar-refractivity contribution in [1.82, 2.24) is 25.3 Å². The van der Waals surface area contributed by atoms with Gasteiger partial charge in [0.2, 0.25) is 0 Å². The van der Waals surface area contributed by atoms with Crippen molar-refractivity contribution < 1.29 is 4.74 Å². The summed E-state index contributed by atoms with van der Waals surface area (Å²) in [4.78, 5) is 6.74. The molecular weight excluding hydrogens is 467 g/mol. The highest BCUT2D eigenvalue weighted by atomic mass is 127. The van der Waals surface area contributed by atoms with Crippen molar-refractivity contribution >= 4 is 29.9 Å². The average molecular weight is 498 g/mol. The number of hydrogen-bond acceptors (Lipinski definition) is 4. The molecule has 1 fully saturated rings. The number of hydrogen-bond donors (Lipinski definition) is 2. The van der Waals surface area contributed by atoms with E-state index in [0.29, 0.717) is 6.54 Å².